The number of benzene rings is 2. The minimum Gasteiger partial charge on any atom is -0.320 e. The smallest absolute Gasteiger partial charge is 0.129 e. The van der Waals surface area contributed by atoms with Gasteiger partial charge in [-0.3, -0.25) is 0 Å². The molecule has 1 unspecified atom stereocenters. The first kappa shape index (κ1) is 13.7. The van der Waals surface area contributed by atoms with Crippen molar-refractivity contribution in [1.82, 2.24) is 0 Å². The zero-order valence-corrected chi connectivity index (χ0v) is 11.3. The predicted molar refractivity (Wildman–Crippen MR) is 73.0 cm³/mol. The van der Waals surface area contributed by atoms with Crippen molar-refractivity contribution in [3.63, 3.8) is 0 Å². The first-order valence-electron chi connectivity index (χ1n) is 6.18. The number of aryl methyl sites for hydroxylation is 3. The highest BCUT2D eigenvalue weighted by molar-refractivity contribution is 5.38. The largest absolute Gasteiger partial charge is 0.320 e. The molecule has 0 radical (unpaired) electrons. The van der Waals surface area contributed by atoms with Crippen molar-refractivity contribution in [3.05, 3.63) is 69.8 Å². The molecule has 2 N–H and O–H groups in total. The lowest BCUT2D eigenvalue weighted by Gasteiger charge is -2.15. The molecule has 0 bridgehead atoms. The molecule has 1 nitrogen and oxygen atoms in total. The fourth-order valence-corrected chi connectivity index (χ4v) is 2.15. The van der Waals surface area contributed by atoms with Crippen molar-refractivity contribution in [2.75, 3.05) is 0 Å². The molecule has 0 fully saturated rings. The van der Waals surface area contributed by atoms with E-state index in [9.17, 15) is 8.78 Å². The molecule has 0 aromatic heterocycles. The van der Waals surface area contributed by atoms with Gasteiger partial charge >= 0.3 is 0 Å². The number of nitrogens with two attached hydrogens (primary N) is 1. The summed E-state index contributed by atoms with van der Waals surface area (Å²) in [5.41, 5.74) is 9.31. The van der Waals surface area contributed by atoms with Gasteiger partial charge < -0.3 is 5.73 Å². The van der Waals surface area contributed by atoms with Crippen molar-refractivity contribution in [1.29, 1.82) is 0 Å². The van der Waals surface area contributed by atoms with Crippen LogP contribution in [0.4, 0.5) is 8.78 Å². The van der Waals surface area contributed by atoms with E-state index in [1.807, 2.05) is 0 Å². The van der Waals surface area contributed by atoms with Crippen molar-refractivity contribution in [3.8, 4) is 0 Å². The Labute approximate surface area is 112 Å². The number of rotatable bonds is 2. The van der Waals surface area contributed by atoms with Crippen LogP contribution in [0.3, 0.4) is 0 Å². The molecule has 3 heteroatoms. The summed E-state index contributed by atoms with van der Waals surface area (Å²) in [6, 6.07) is 7.92. The Bertz CT molecular complexity index is 597. The molecular weight excluding hydrogens is 244 g/mol. The first-order chi connectivity index (χ1) is 8.90. The molecule has 0 aliphatic heterocycles. The van der Waals surface area contributed by atoms with E-state index in [1.165, 1.54) is 6.07 Å². The molecule has 0 saturated carbocycles. The molecule has 2 aromatic carbocycles. The van der Waals surface area contributed by atoms with E-state index in [2.05, 4.69) is 0 Å². The Morgan fingerprint density at radius 3 is 1.95 bits per heavy atom. The van der Waals surface area contributed by atoms with Crippen molar-refractivity contribution in [2.45, 2.75) is 26.8 Å². The SMILES string of the molecule is Cc1ccc(C(N)c2cc(C)c(F)c(C)c2)cc1F. The average Bonchev–Trinajstić information content (AvgIpc) is 2.37. The lowest BCUT2D eigenvalue weighted by molar-refractivity contribution is 0.606. The summed E-state index contributed by atoms with van der Waals surface area (Å²) in [4.78, 5) is 0. The highest BCUT2D eigenvalue weighted by atomic mass is 19.1. The third kappa shape index (κ3) is 2.66. The number of hydrogen-bond donors (Lipinski definition) is 1. The summed E-state index contributed by atoms with van der Waals surface area (Å²) >= 11 is 0. The van der Waals surface area contributed by atoms with Gasteiger partial charge in [-0.05, 0) is 54.7 Å². The van der Waals surface area contributed by atoms with Gasteiger partial charge in [0.15, 0.2) is 0 Å². The fourth-order valence-electron chi connectivity index (χ4n) is 2.15. The monoisotopic (exact) mass is 261 g/mol. The van der Waals surface area contributed by atoms with E-state index in [-0.39, 0.29) is 11.6 Å². The van der Waals surface area contributed by atoms with Gasteiger partial charge in [0.2, 0.25) is 0 Å². The molecule has 0 amide bonds. The molecule has 0 aliphatic rings. The molecule has 0 spiro atoms. The highest BCUT2D eigenvalue weighted by Gasteiger charge is 2.13. The van der Waals surface area contributed by atoms with Gasteiger partial charge in [0.1, 0.15) is 11.6 Å². The van der Waals surface area contributed by atoms with Gasteiger partial charge in [-0.1, -0.05) is 24.3 Å². The lowest BCUT2D eigenvalue weighted by atomic mass is 9.95. The summed E-state index contributed by atoms with van der Waals surface area (Å²) in [5.74, 6) is -0.491. The van der Waals surface area contributed by atoms with Crippen molar-refractivity contribution >= 4 is 0 Å². The summed E-state index contributed by atoms with van der Waals surface area (Å²) < 4.78 is 27.2. The van der Waals surface area contributed by atoms with Gasteiger partial charge in [-0.25, -0.2) is 8.78 Å². The minimum absolute atomic E-state index is 0.217. The Morgan fingerprint density at radius 2 is 1.42 bits per heavy atom. The summed E-state index contributed by atoms with van der Waals surface area (Å²) in [6.07, 6.45) is 0. The third-order valence-electron chi connectivity index (χ3n) is 3.37. The van der Waals surface area contributed by atoms with E-state index in [1.54, 1.807) is 45.0 Å². The minimum atomic E-state index is -0.451. The molecule has 0 saturated heterocycles. The Kier molecular flexibility index (Phi) is 3.67. The molecular formula is C16H17F2N. The summed E-state index contributed by atoms with van der Waals surface area (Å²) in [6.45, 7) is 5.11. The molecule has 0 heterocycles. The van der Waals surface area contributed by atoms with E-state index in [0.717, 1.165) is 5.56 Å². The molecule has 100 valence electrons. The Morgan fingerprint density at radius 1 is 0.842 bits per heavy atom. The summed E-state index contributed by atoms with van der Waals surface area (Å²) in [5, 5.41) is 0. The molecule has 2 rings (SSSR count). The third-order valence-corrected chi connectivity index (χ3v) is 3.37. The second kappa shape index (κ2) is 5.10. The van der Waals surface area contributed by atoms with Crippen LogP contribution in [0.25, 0.3) is 0 Å². The summed E-state index contributed by atoms with van der Waals surface area (Å²) in [7, 11) is 0. The average molecular weight is 261 g/mol. The molecule has 2 aromatic rings. The van der Waals surface area contributed by atoms with Gasteiger partial charge in [0.25, 0.3) is 0 Å². The molecule has 1 atom stereocenters. The molecule has 0 aliphatic carbocycles. The van der Waals surface area contributed by atoms with Crippen LogP contribution >= 0.6 is 0 Å². The van der Waals surface area contributed by atoms with Crippen LogP contribution in [-0.2, 0) is 0 Å². The van der Waals surface area contributed by atoms with Crippen molar-refractivity contribution in [2.24, 2.45) is 5.73 Å². The maximum Gasteiger partial charge on any atom is 0.129 e. The highest BCUT2D eigenvalue weighted by Crippen LogP contribution is 2.25. The van der Waals surface area contributed by atoms with Gasteiger partial charge in [-0.15, -0.1) is 0 Å². The lowest BCUT2D eigenvalue weighted by Crippen LogP contribution is -2.13. The maximum absolute atomic E-state index is 13.6. The normalized spacial score (nSPS) is 12.5. The topological polar surface area (TPSA) is 26.0 Å². The van der Waals surface area contributed by atoms with Crippen LogP contribution < -0.4 is 5.73 Å². The maximum atomic E-state index is 13.6. The van der Waals surface area contributed by atoms with Gasteiger partial charge in [0.05, 0.1) is 6.04 Å². The van der Waals surface area contributed by atoms with Gasteiger partial charge in [0, 0.05) is 0 Å². The zero-order valence-electron chi connectivity index (χ0n) is 11.3. The van der Waals surface area contributed by atoms with Crippen LogP contribution in [-0.4, -0.2) is 0 Å². The Hall–Kier alpha value is -1.74. The number of hydrogen-bond acceptors (Lipinski definition) is 1. The zero-order chi connectivity index (χ0) is 14.2. The van der Waals surface area contributed by atoms with Gasteiger partial charge in [-0.2, -0.15) is 0 Å². The second-order valence-electron chi connectivity index (χ2n) is 4.95. The molecule has 19 heavy (non-hydrogen) atoms. The first-order valence-corrected chi connectivity index (χ1v) is 6.18. The van der Waals surface area contributed by atoms with Crippen LogP contribution in [0.1, 0.15) is 33.9 Å². The van der Waals surface area contributed by atoms with E-state index >= 15 is 0 Å². The van der Waals surface area contributed by atoms with Crippen LogP contribution in [0.5, 0.6) is 0 Å². The van der Waals surface area contributed by atoms with Crippen LogP contribution in [0.2, 0.25) is 0 Å². The number of halogens is 2. The van der Waals surface area contributed by atoms with E-state index in [4.69, 9.17) is 5.73 Å². The van der Waals surface area contributed by atoms with Crippen LogP contribution in [0.15, 0.2) is 30.3 Å². The second-order valence-corrected chi connectivity index (χ2v) is 4.95. The van der Waals surface area contributed by atoms with Crippen molar-refractivity contribution < 1.29 is 8.78 Å². The quantitative estimate of drug-likeness (QED) is 0.870. The predicted octanol–water partition coefficient (Wildman–Crippen LogP) is 3.94. The fraction of sp³-hybridized carbons (Fsp3) is 0.250. The standard InChI is InChI=1S/C16H17F2N/c1-9-4-5-12(8-14(9)17)16(19)13-6-10(2)15(18)11(3)7-13/h4-8,16H,19H2,1-3H3. The van der Waals surface area contributed by atoms with Crippen LogP contribution in [0, 0.1) is 32.4 Å². The van der Waals surface area contributed by atoms with E-state index < -0.39 is 6.04 Å². The van der Waals surface area contributed by atoms with E-state index in [0.29, 0.717) is 22.3 Å². The Balaban J connectivity index is 2.43.